The molecule has 0 bridgehead atoms. The zero-order valence-electron chi connectivity index (χ0n) is 9.79. The highest BCUT2D eigenvalue weighted by Crippen LogP contribution is 2.33. The summed E-state index contributed by atoms with van der Waals surface area (Å²) in [6, 6.07) is 1.55. The Balaban J connectivity index is 3.33. The number of non-ortho nitro benzene ring substituents is 1. The quantitative estimate of drug-likeness (QED) is 0.467. The SMILES string of the molecule is CCCOC(=O)c1cc([N+](=O)[O-])cc([N+](=O)[O-])c1Cl. The van der Waals surface area contributed by atoms with E-state index in [0.717, 1.165) is 6.07 Å². The number of hydrogen-bond donors (Lipinski definition) is 0. The molecule has 0 unspecified atom stereocenters. The molecule has 1 rings (SSSR count). The molecule has 9 heteroatoms. The molecular formula is C10H9ClN2O6. The summed E-state index contributed by atoms with van der Waals surface area (Å²) in [5.41, 5.74) is -1.70. The van der Waals surface area contributed by atoms with E-state index in [-0.39, 0.29) is 6.61 Å². The van der Waals surface area contributed by atoms with Crippen LogP contribution in [0.5, 0.6) is 0 Å². The van der Waals surface area contributed by atoms with Gasteiger partial charge in [-0.15, -0.1) is 0 Å². The maximum absolute atomic E-state index is 11.6. The van der Waals surface area contributed by atoms with E-state index in [0.29, 0.717) is 12.5 Å². The number of nitro benzene ring substituents is 2. The Labute approximate surface area is 112 Å². The molecule has 1 aromatic carbocycles. The number of nitro groups is 2. The summed E-state index contributed by atoms with van der Waals surface area (Å²) in [6.45, 7) is 1.84. The average Bonchev–Trinajstić information content (AvgIpc) is 2.35. The second kappa shape index (κ2) is 6.10. The Kier molecular flexibility index (Phi) is 4.76. The molecule has 1 aromatic rings. The molecule has 19 heavy (non-hydrogen) atoms. The molecule has 0 saturated heterocycles. The van der Waals surface area contributed by atoms with Gasteiger partial charge in [0, 0.05) is 6.07 Å². The highest BCUT2D eigenvalue weighted by Gasteiger charge is 2.26. The Bertz CT molecular complexity index is 545. The predicted molar refractivity (Wildman–Crippen MR) is 65.3 cm³/mol. The van der Waals surface area contributed by atoms with E-state index in [9.17, 15) is 25.0 Å². The summed E-state index contributed by atoms with van der Waals surface area (Å²) >= 11 is 5.69. The van der Waals surface area contributed by atoms with Crippen molar-refractivity contribution in [3.63, 3.8) is 0 Å². The lowest BCUT2D eigenvalue weighted by Gasteiger charge is -2.05. The number of rotatable bonds is 5. The Morgan fingerprint density at radius 1 is 1.32 bits per heavy atom. The number of esters is 1. The summed E-state index contributed by atoms with van der Waals surface area (Å²) in [5.74, 6) is -0.932. The largest absolute Gasteiger partial charge is 0.462 e. The van der Waals surface area contributed by atoms with Crippen LogP contribution in [0.1, 0.15) is 23.7 Å². The van der Waals surface area contributed by atoms with Crippen molar-refractivity contribution in [2.45, 2.75) is 13.3 Å². The summed E-state index contributed by atoms with van der Waals surface area (Å²) in [7, 11) is 0. The minimum absolute atomic E-state index is 0.0889. The fraction of sp³-hybridized carbons (Fsp3) is 0.300. The van der Waals surface area contributed by atoms with Gasteiger partial charge in [0.1, 0.15) is 5.02 Å². The van der Waals surface area contributed by atoms with Gasteiger partial charge in [0.2, 0.25) is 0 Å². The number of hydrogen-bond acceptors (Lipinski definition) is 6. The molecule has 0 aromatic heterocycles. The van der Waals surface area contributed by atoms with Crippen LogP contribution in [0, 0.1) is 20.2 Å². The van der Waals surface area contributed by atoms with Crippen molar-refractivity contribution in [2.75, 3.05) is 6.61 Å². The highest BCUT2D eigenvalue weighted by atomic mass is 35.5. The third-order valence-electron chi connectivity index (χ3n) is 2.10. The Morgan fingerprint density at radius 2 is 1.95 bits per heavy atom. The minimum atomic E-state index is -0.932. The number of carbonyl (C=O) groups excluding carboxylic acids is 1. The molecule has 0 heterocycles. The molecule has 0 saturated carbocycles. The average molecular weight is 289 g/mol. The van der Waals surface area contributed by atoms with Gasteiger partial charge in [-0.25, -0.2) is 4.79 Å². The second-order valence-corrected chi connectivity index (χ2v) is 3.85. The number of benzene rings is 1. The van der Waals surface area contributed by atoms with Gasteiger partial charge in [0.15, 0.2) is 0 Å². The van der Waals surface area contributed by atoms with E-state index in [4.69, 9.17) is 16.3 Å². The molecule has 0 atom stereocenters. The van der Waals surface area contributed by atoms with Crippen molar-refractivity contribution in [3.8, 4) is 0 Å². The van der Waals surface area contributed by atoms with E-state index < -0.39 is 37.8 Å². The van der Waals surface area contributed by atoms with Crippen molar-refractivity contribution in [1.29, 1.82) is 0 Å². The van der Waals surface area contributed by atoms with E-state index in [1.54, 1.807) is 6.92 Å². The fourth-order valence-corrected chi connectivity index (χ4v) is 1.51. The smallest absolute Gasteiger partial charge is 0.340 e. The minimum Gasteiger partial charge on any atom is -0.462 e. The number of nitrogens with zero attached hydrogens (tertiary/aromatic N) is 2. The first-order valence-corrected chi connectivity index (χ1v) is 5.55. The topological polar surface area (TPSA) is 113 Å². The van der Waals surface area contributed by atoms with Gasteiger partial charge in [0.25, 0.3) is 11.4 Å². The Hall–Kier alpha value is -2.22. The van der Waals surface area contributed by atoms with Crippen LogP contribution in [-0.4, -0.2) is 22.4 Å². The molecule has 8 nitrogen and oxygen atoms in total. The van der Waals surface area contributed by atoms with E-state index in [2.05, 4.69) is 0 Å². The van der Waals surface area contributed by atoms with Gasteiger partial charge in [-0.3, -0.25) is 20.2 Å². The van der Waals surface area contributed by atoms with Crippen molar-refractivity contribution in [1.82, 2.24) is 0 Å². The maximum Gasteiger partial charge on any atom is 0.340 e. The lowest BCUT2D eigenvalue weighted by atomic mass is 10.1. The van der Waals surface area contributed by atoms with Gasteiger partial charge >= 0.3 is 5.97 Å². The van der Waals surface area contributed by atoms with Crippen molar-refractivity contribution >= 4 is 28.9 Å². The Morgan fingerprint density at radius 3 is 2.42 bits per heavy atom. The lowest BCUT2D eigenvalue weighted by Crippen LogP contribution is -2.08. The molecule has 0 fully saturated rings. The van der Waals surface area contributed by atoms with Crippen LogP contribution in [-0.2, 0) is 4.74 Å². The first kappa shape index (κ1) is 14.8. The number of carbonyl (C=O) groups is 1. The van der Waals surface area contributed by atoms with Crippen molar-refractivity contribution < 1.29 is 19.4 Å². The van der Waals surface area contributed by atoms with Crippen LogP contribution in [0.25, 0.3) is 0 Å². The van der Waals surface area contributed by atoms with E-state index in [1.165, 1.54) is 0 Å². The molecule has 0 radical (unpaired) electrons. The van der Waals surface area contributed by atoms with Crippen LogP contribution >= 0.6 is 11.6 Å². The molecule has 0 aliphatic heterocycles. The van der Waals surface area contributed by atoms with Gasteiger partial charge in [-0.1, -0.05) is 18.5 Å². The molecule has 0 aliphatic rings. The highest BCUT2D eigenvalue weighted by molar-refractivity contribution is 6.35. The van der Waals surface area contributed by atoms with Gasteiger partial charge < -0.3 is 4.74 Å². The predicted octanol–water partition coefficient (Wildman–Crippen LogP) is 2.72. The molecule has 0 N–H and O–H groups in total. The maximum atomic E-state index is 11.6. The van der Waals surface area contributed by atoms with Crippen LogP contribution < -0.4 is 0 Å². The first-order chi connectivity index (χ1) is 8.88. The van der Waals surface area contributed by atoms with Gasteiger partial charge in [-0.2, -0.15) is 0 Å². The molecule has 102 valence electrons. The van der Waals surface area contributed by atoms with Crippen molar-refractivity contribution in [2.24, 2.45) is 0 Å². The summed E-state index contributed by atoms with van der Waals surface area (Å²) in [6.07, 6.45) is 0.542. The molecule has 0 spiro atoms. The van der Waals surface area contributed by atoms with Gasteiger partial charge in [-0.05, 0) is 6.42 Å². The van der Waals surface area contributed by atoms with Crippen LogP contribution in [0.2, 0.25) is 5.02 Å². The molecular weight excluding hydrogens is 280 g/mol. The van der Waals surface area contributed by atoms with E-state index >= 15 is 0 Å². The second-order valence-electron chi connectivity index (χ2n) is 3.48. The summed E-state index contributed by atoms with van der Waals surface area (Å²) < 4.78 is 4.76. The third-order valence-corrected chi connectivity index (χ3v) is 2.50. The standard InChI is InChI=1S/C10H9ClN2O6/c1-2-3-19-10(14)7-4-6(12(15)16)5-8(9(7)11)13(17)18/h4-5H,2-3H2,1H3. The summed E-state index contributed by atoms with van der Waals surface area (Å²) in [4.78, 5) is 31.3. The van der Waals surface area contributed by atoms with Crippen LogP contribution in [0.4, 0.5) is 11.4 Å². The number of halogens is 1. The van der Waals surface area contributed by atoms with Gasteiger partial charge in [0.05, 0.1) is 28.1 Å². The molecule has 0 aliphatic carbocycles. The van der Waals surface area contributed by atoms with Crippen LogP contribution in [0.15, 0.2) is 12.1 Å². The monoisotopic (exact) mass is 288 g/mol. The fourth-order valence-electron chi connectivity index (χ4n) is 1.25. The zero-order chi connectivity index (χ0) is 14.6. The lowest BCUT2D eigenvalue weighted by molar-refractivity contribution is -0.394. The molecule has 0 amide bonds. The zero-order valence-corrected chi connectivity index (χ0v) is 10.5. The normalized spacial score (nSPS) is 10.0. The van der Waals surface area contributed by atoms with E-state index in [1.807, 2.05) is 0 Å². The van der Waals surface area contributed by atoms with Crippen molar-refractivity contribution in [3.05, 3.63) is 42.9 Å². The first-order valence-electron chi connectivity index (χ1n) is 5.18. The number of ether oxygens (including phenoxy) is 1. The third kappa shape index (κ3) is 3.38. The van der Waals surface area contributed by atoms with Crippen LogP contribution in [0.3, 0.4) is 0 Å². The summed E-state index contributed by atoms with van der Waals surface area (Å²) in [5, 5.41) is 20.9.